The molecule has 2 aliphatic heterocycles. The molecule has 0 radical (unpaired) electrons. The Bertz CT molecular complexity index is 691. The van der Waals surface area contributed by atoms with Crippen LogP contribution >= 0.6 is 46.7 Å². The number of thioether (sulfide) groups is 2. The van der Waals surface area contributed by atoms with Crippen molar-refractivity contribution in [2.24, 2.45) is 5.41 Å². The Labute approximate surface area is 160 Å². The van der Waals surface area contributed by atoms with E-state index in [0.29, 0.717) is 10.9 Å². The standard InChI is InChI=1S/C12H13Cl2N5O4S2/c13-6(14)7(20)17-5-8(21)19-1-12(10(22)23,2-24-9(5)19)3-25-11-15-4-16-18-11/h4-6,9H,1-3H2,(H,17,20)(H,22,23)(H,15,16,18)/t5?,9-,12?/m1/s1. The van der Waals surface area contributed by atoms with Gasteiger partial charge in [0.15, 0.2) is 9.99 Å². The third-order valence-corrected chi connectivity index (χ3v) is 7.13. The van der Waals surface area contributed by atoms with Gasteiger partial charge in [0.1, 0.15) is 23.2 Å². The van der Waals surface area contributed by atoms with Crippen LogP contribution in [0.5, 0.6) is 0 Å². The molecule has 2 unspecified atom stereocenters. The molecule has 1 aromatic rings. The maximum absolute atomic E-state index is 12.3. The van der Waals surface area contributed by atoms with Gasteiger partial charge < -0.3 is 20.3 Å². The van der Waals surface area contributed by atoms with Crippen molar-refractivity contribution < 1.29 is 19.5 Å². The van der Waals surface area contributed by atoms with Gasteiger partial charge in [0.05, 0.1) is 0 Å². The van der Waals surface area contributed by atoms with Crippen LogP contribution in [-0.4, -0.2) is 77.3 Å². The minimum absolute atomic E-state index is 0.0670. The molecule has 3 atom stereocenters. The Morgan fingerprint density at radius 1 is 1.60 bits per heavy atom. The molecule has 9 nitrogen and oxygen atoms in total. The minimum Gasteiger partial charge on any atom is -0.481 e. The summed E-state index contributed by atoms with van der Waals surface area (Å²) in [5.41, 5.74) is -1.11. The molecule has 2 aliphatic rings. The van der Waals surface area contributed by atoms with Gasteiger partial charge in [0, 0.05) is 18.1 Å². The van der Waals surface area contributed by atoms with E-state index in [-0.39, 0.29) is 23.6 Å². The van der Waals surface area contributed by atoms with E-state index >= 15 is 0 Å². The number of carboxylic acids is 1. The van der Waals surface area contributed by atoms with E-state index < -0.39 is 28.2 Å². The summed E-state index contributed by atoms with van der Waals surface area (Å²) >= 11 is 13.5. The molecule has 3 N–H and O–H groups in total. The summed E-state index contributed by atoms with van der Waals surface area (Å²) < 4.78 is 0. The first kappa shape index (κ1) is 18.6. The molecule has 136 valence electrons. The molecule has 0 aromatic carbocycles. The van der Waals surface area contributed by atoms with Crippen LogP contribution in [0.4, 0.5) is 0 Å². The van der Waals surface area contributed by atoms with Gasteiger partial charge in [-0.15, -0.1) is 22.0 Å². The number of hydrogen-bond acceptors (Lipinski definition) is 7. The molecule has 2 amide bonds. The molecule has 0 saturated carbocycles. The van der Waals surface area contributed by atoms with Crippen molar-refractivity contribution in [3.63, 3.8) is 0 Å². The minimum atomic E-state index is -1.26. The Kier molecular flexibility index (Phi) is 5.37. The number of nitrogens with zero attached hydrogens (tertiary/aromatic N) is 3. The first-order chi connectivity index (χ1) is 11.8. The molecule has 2 saturated heterocycles. The number of H-pyrrole nitrogens is 1. The summed E-state index contributed by atoms with van der Waals surface area (Å²) in [5, 5.41) is 19.9. The van der Waals surface area contributed by atoms with Crippen molar-refractivity contribution in [3.8, 4) is 0 Å². The van der Waals surface area contributed by atoms with Crippen molar-refractivity contribution >= 4 is 64.5 Å². The second-order valence-electron chi connectivity index (χ2n) is 5.62. The predicted octanol–water partition coefficient (Wildman–Crippen LogP) is 0.171. The van der Waals surface area contributed by atoms with E-state index in [0.717, 1.165) is 0 Å². The molecule has 3 rings (SSSR count). The highest BCUT2D eigenvalue weighted by atomic mass is 35.5. The van der Waals surface area contributed by atoms with E-state index in [1.54, 1.807) is 0 Å². The average Bonchev–Trinajstić information content (AvgIpc) is 3.10. The first-order valence-corrected chi connectivity index (χ1v) is 9.98. The number of hydrogen-bond donors (Lipinski definition) is 3. The van der Waals surface area contributed by atoms with Crippen LogP contribution in [0.1, 0.15) is 0 Å². The van der Waals surface area contributed by atoms with Crippen molar-refractivity contribution in [1.29, 1.82) is 0 Å². The normalized spacial score (nSPS) is 28.4. The number of amides is 2. The number of aromatic amines is 1. The quantitative estimate of drug-likeness (QED) is 0.334. The number of rotatable bonds is 6. The largest absolute Gasteiger partial charge is 0.481 e. The predicted molar refractivity (Wildman–Crippen MR) is 92.6 cm³/mol. The molecule has 0 bridgehead atoms. The zero-order valence-electron chi connectivity index (χ0n) is 12.5. The summed E-state index contributed by atoms with van der Waals surface area (Å²) in [6.45, 7) is 0.0670. The lowest BCUT2D eigenvalue weighted by atomic mass is 9.89. The summed E-state index contributed by atoms with van der Waals surface area (Å²) in [6.07, 6.45) is 1.41. The molecule has 13 heteroatoms. The Morgan fingerprint density at radius 3 is 2.96 bits per heavy atom. The summed E-state index contributed by atoms with van der Waals surface area (Å²) in [7, 11) is 0. The van der Waals surface area contributed by atoms with Gasteiger partial charge in [-0.05, 0) is 0 Å². The highest BCUT2D eigenvalue weighted by molar-refractivity contribution is 8.00. The number of nitrogens with one attached hydrogen (secondary N) is 2. The number of carboxylic acid groups (broad SMARTS) is 1. The van der Waals surface area contributed by atoms with Crippen LogP contribution < -0.4 is 5.32 Å². The highest BCUT2D eigenvalue weighted by Crippen LogP contribution is 2.44. The fourth-order valence-corrected chi connectivity index (χ4v) is 5.36. The van der Waals surface area contributed by atoms with E-state index in [4.69, 9.17) is 23.2 Å². The zero-order chi connectivity index (χ0) is 18.2. The van der Waals surface area contributed by atoms with Crippen LogP contribution in [0.15, 0.2) is 11.5 Å². The number of halogens is 2. The van der Waals surface area contributed by atoms with Gasteiger partial charge in [-0.2, -0.15) is 0 Å². The number of aliphatic carboxylic acids is 1. The number of carbonyl (C=O) groups is 3. The maximum Gasteiger partial charge on any atom is 0.313 e. The van der Waals surface area contributed by atoms with Gasteiger partial charge in [0.2, 0.25) is 5.91 Å². The fraction of sp³-hybridized carbons (Fsp3) is 0.583. The summed E-state index contributed by atoms with van der Waals surface area (Å²) in [5.74, 6) is -1.42. The summed E-state index contributed by atoms with van der Waals surface area (Å²) in [6, 6.07) is -0.730. The fourth-order valence-electron chi connectivity index (χ4n) is 2.59. The van der Waals surface area contributed by atoms with Gasteiger partial charge in [0.25, 0.3) is 5.91 Å². The molecule has 2 fully saturated rings. The highest BCUT2D eigenvalue weighted by Gasteiger charge is 2.57. The van der Waals surface area contributed by atoms with E-state index in [9.17, 15) is 19.5 Å². The topological polar surface area (TPSA) is 128 Å². The Balaban J connectivity index is 1.66. The number of alkyl halides is 2. The monoisotopic (exact) mass is 425 g/mol. The van der Waals surface area contributed by atoms with Crippen LogP contribution in [0, 0.1) is 5.41 Å². The van der Waals surface area contributed by atoms with E-state index in [1.807, 2.05) is 0 Å². The van der Waals surface area contributed by atoms with Crippen LogP contribution in [0.25, 0.3) is 0 Å². The molecule has 1 aromatic heterocycles. The number of carbonyl (C=O) groups excluding carboxylic acids is 2. The second-order valence-corrected chi connectivity index (χ2v) is 8.79. The SMILES string of the molecule is O=C(NC1C(=O)N2CC(CSc3nnc[nH]3)(C(=O)O)CS[C@H]12)C(Cl)Cl. The summed E-state index contributed by atoms with van der Waals surface area (Å²) in [4.78, 5) is 38.7. The third kappa shape index (κ3) is 3.55. The van der Waals surface area contributed by atoms with Gasteiger partial charge in [-0.1, -0.05) is 35.0 Å². The smallest absolute Gasteiger partial charge is 0.313 e. The number of β-lactam (4-membered cyclic amide) rings is 1. The Morgan fingerprint density at radius 2 is 2.36 bits per heavy atom. The molecule has 25 heavy (non-hydrogen) atoms. The van der Waals surface area contributed by atoms with Crippen molar-refractivity contribution in [2.75, 3.05) is 18.1 Å². The lowest BCUT2D eigenvalue weighted by Gasteiger charge is -2.53. The molecular weight excluding hydrogens is 413 g/mol. The lowest BCUT2D eigenvalue weighted by molar-refractivity contribution is -0.157. The van der Waals surface area contributed by atoms with Crippen LogP contribution in [0.3, 0.4) is 0 Å². The third-order valence-electron chi connectivity index (χ3n) is 3.97. The lowest BCUT2D eigenvalue weighted by Crippen LogP contribution is -2.74. The van der Waals surface area contributed by atoms with Crippen molar-refractivity contribution in [2.45, 2.75) is 21.4 Å². The molecule has 0 aliphatic carbocycles. The molecular formula is C12H13Cl2N5O4S2. The number of aromatic nitrogens is 3. The van der Waals surface area contributed by atoms with Gasteiger partial charge in [-0.25, -0.2) is 0 Å². The van der Waals surface area contributed by atoms with Crippen LogP contribution in [0.2, 0.25) is 0 Å². The van der Waals surface area contributed by atoms with E-state index in [2.05, 4.69) is 20.5 Å². The maximum atomic E-state index is 12.3. The molecule has 3 heterocycles. The van der Waals surface area contributed by atoms with Gasteiger partial charge in [-0.3, -0.25) is 14.4 Å². The van der Waals surface area contributed by atoms with Crippen LogP contribution in [-0.2, 0) is 14.4 Å². The van der Waals surface area contributed by atoms with E-state index in [1.165, 1.54) is 34.8 Å². The second kappa shape index (κ2) is 7.22. The average molecular weight is 426 g/mol. The van der Waals surface area contributed by atoms with Crippen molar-refractivity contribution in [3.05, 3.63) is 6.33 Å². The molecule has 0 spiro atoms. The zero-order valence-corrected chi connectivity index (χ0v) is 15.7. The first-order valence-electron chi connectivity index (χ1n) is 7.07. The Hall–Kier alpha value is -1.17. The number of fused-ring (bicyclic) bond motifs is 1. The van der Waals surface area contributed by atoms with Crippen molar-refractivity contribution in [1.82, 2.24) is 25.4 Å². The van der Waals surface area contributed by atoms with Gasteiger partial charge >= 0.3 is 5.97 Å².